The van der Waals surface area contributed by atoms with Crippen molar-refractivity contribution in [1.82, 2.24) is 8.75 Å². The Morgan fingerprint density at radius 3 is 2.66 bits per heavy atom. The van der Waals surface area contributed by atoms with Crippen molar-refractivity contribution in [3.05, 3.63) is 11.8 Å². The Labute approximate surface area is 197 Å². The molecule has 0 amide bonds. The SMILES string of the molecule is CCCCCCOc1nsnc1C1=CCC[N+](C)(C(C)OC(=O)C(C)(C)C)C1.[I-]. The van der Waals surface area contributed by atoms with Gasteiger partial charge in [-0.2, -0.15) is 4.37 Å². The molecule has 0 fully saturated rings. The molecular weight excluding hydrogens is 501 g/mol. The quantitative estimate of drug-likeness (QED) is 0.208. The lowest BCUT2D eigenvalue weighted by molar-refractivity contribution is -0.944. The van der Waals surface area contributed by atoms with Crippen molar-refractivity contribution in [3.8, 4) is 5.88 Å². The first-order valence-electron chi connectivity index (χ1n) is 10.4. The third-order valence-electron chi connectivity index (χ3n) is 5.33. The molecule has 29 heavy (non-hydrogen) atoms. The first-order valence-corrected chi connectivity index (χ1v) is 11.1. The highest BCUT2D eigenvalue weighted by molar-refractivity contribution is 6.99. The number of carbonyl (C=O) groups excluding carboxylic acids is 1. The van der Waals surface area contributed by atoms with E-state index in [-0.39, 0.29) is 36.2 Å². The zero-order chi connectivity index (χ0) is 20.8. The summed E-state index contributed by atoms with van der Waals surface area (Å²) < 4.78 is 21.2. The van der Waals surface area contributed by atoms with E-state index >= 15 is 0 Å². The molecule has 1 aliphatic heterocycles. The molecule has 2 unspecified atom stereocenters. The number of hydrogen-bond acceptors (Lipinski definition) is 6. The molecule has 2 heterocycles. The van der Waals surface area contributed by atoms with Crippen LogP contribution in [0.4, 0.5) is 0 Å². The average molecular weight is 538 g/mol. The second kappa shape index (κ2) is 11.6. The number of nitrogens with zero attached hydrogens (tertiary/aromatic N) is 3. The number of esters is 1. The Kier molecular flexibility index (Phi) is 10.5. The first kappa shape index (κ1) is 26.3. The standard InChI is InChI=1S/C21H36N3O3S.HI/c1-7-8-9-10-14-26-19-18(22-28-23-19)17-12-11-13-24(6,15-17)16(2)27-20(25)21(3,4)5;/h12,16H,7-11,13-15H2,1-6H3;1H/q+1;/p-1. The van der Waals surface area contributed by atoms with Crippen LogP contribution in [0.1, 0.15) is 72.4 Å². The molecule has 1 aliphatic rings. The lowest BCUT2D eigenvalue weighted by Gasteiger charge is -2.41. The molecule has 6 nitrogen and oxygen atoms in total. The first-order chi connectivity index (χ1) is 13.2. The fourth-order valence-electron chi connectivity index (χ4n) is 3.18. The number of quaternary nitrogens is 1. The number of likely N-dealkylation sites (N-methyl/N-ethyl adjacent to an activating group) is 1. The van der Waals surface area contributed by atoms with Crippen molar-refractivity contribution in [3.63, 3.8) is 0 Å². The van der Waals surface area contributed by atoms with Gasteiger partial charge in [0.2, 0.25) is 6.23 Å². The van der Waals surface area contributed by atoms with Crippen LogP contribution in [0.2, 0.25) is 0 Å². The number of unbranched alkanes of at least 4 members (excludes halogenated alkanes) is 3. The van der Waals surface area contributed by atoms with Gasteiger partial charge < -0.3 is 33.5 Å². The average Bonchev–Trinajstić information content (AvgIpc) is 3.09. The second-order valence-corrected chi connectivity index (χ2v) is 9.49. The highest BCUT2D eigenvalue weighted by atomic mass is 127. The number of rotatable bonds is 9. The van der Waals surface area contributed by atoms with Crippen molar-refractivity contribution in [2.75, 3.05) is 26.7 Å². The van der Waals surface area contributed by atoms with Crippen molar-refractivity contribution < 1.29 is 42.7 Å². The van der Waals surface area contributed by atoms with E-state index in [9.17, 15) is 4.79 Å². The highest BCUT2D eigenvalue weighted by Crippen LogP contribution is 2.32. The summed E-state index contributed by atoms with van der Waals surface area (Å²) in [4.78, 5) is 12.3. The van der Waals surface area contributed by atoms with E-state index in [0.717, 1.165) is 37.2 Å². The summed E-state index contributed by atoms with van der Waals surface area (Å²) in [5, 5.41) is 0. The molecule has 0 radical (unpaired) electrons. The molecule has 166 valence electrons. The van der Waals surface area contributed by atoms with Crippen molar-refractivity contribution in [2.24, 2.45) is 5.41 Å². The minimum absolute atomic E-state index is 0. The molecular formula is C21H36IN3O3S. The van der Waals surface area contributed by atoms with Gasteiger partial charge in [-0.05, 0) is 27.2 Å². The molecule has 0 saturated carbocycles. The normalized spacial score (nSPS) is 20.4. The van der Waals surface area contributed by atoms with Gasteiger partial charge in [0.05, 0.1) is 37.3 Å². The summed E-state index contributed by atoms with van der Waals surface area (Å²) in [5.41, 5.74) is 1.48. The maximum absolute atomic E-state index is 12.3. The third kappa shape index (κ3) is 7.47. The van der Waals surface area contributed by atoms with Gasteiger partial charge in [-0.3, -0.25) is 9.28 Å². The van der Waals surface area contributed by atoms with Gasteiger partial charge >= 0.3 is 5.97 Å². The van der Waals surface area contributed by atoms with E-state index < -0.39 is 5.41 Å². The van der Waals surface area contributed by atoms with E-state index in [1.54, 1.807) is 0 Å². The Morgan fingerprint density at radius 1 is 1.28 bits per heavy atom. The molecule has 0 aliphatic carbocycles. The van der Waals surface area contributed by atoms with Gasteiger partial charge in [-0.15, -0.1) is 4.37 Å². The number of ether oxygens (including phenoxy) is 2. The van der Waals surface area contributed by atoms with E-state index in [4.69, 9.17) is 9.47 Å². The van der Waals surface area contributed by atoms with Gasteiger partial charge in [-0.25, -0.2) is 0 Å². The van der Waals surface area contributed by atoms with Crippen LogP contribution in [-0.2, 0) is 9.53 Å². The van der Waals surface area contributed by atoms with Crippen LogP contribution in [0.5, 0.6) is 5.88 Å². The molecule has 1 aromatic heterocycles. The summed E-state index contributed by atoms with van der Waals surface area (Å²) in [6.45, 7) is 12.2. The fourth-order valence-corrected chi connectivity index (χ4v) is 3.71. The summed E-state index contributed by atoms with van der Waals surface area (Å²) in [7, 11) is 2.14. The lowest BCUT2D eigenvalue weighted by Crippen LogP contribution is -3.00. The number of hydrogen-bond donors (Lipinski definition) is 0. The molecule has 0 N–H and O–H groups in total. The smallest absolute Gasteiger partial charge is 0.315 e. The van der Waals surface area contributed by atoms with Crippen molar-refractivity contribution in [2.45, 2.75) is 73.0 Å². The van der Waals surface area contributed by atoms with Crippen LogP contribution >= 0.6 is 11.7 Å². The van der Waals surface area contributed by atoms with Crippen LogP contribution < -0.4 is 28.7 Å². The maximum Gasteiger partial charge on any atom is 0.315 e. The highest BCUT2D eigenvalue weighted by Gasteiger charge is 2.38. The number of carbonyl (C=O) groups is 1. The Balaban J connectivity index is 0.00000420. The molecule has 2 atom stereocenters. The zero-order valence-corrected chi connectivity index (χ0v) is 21.6. The van der Waals surface area contributed by atoms with Crippen LogP contribution in [0.3, 0.4) is 0 Å². The van der Waals surface area contributed by atoms with Crippen molar-refractivity contribution in [1.29, 1.82) is 0 Å². The van der Waals surface area contributed by atoms with Gasteiger partial charge in [0.1, 0.15) is 12.2 Å². The van der Waals surface area contributed by atoms with E-state index in [1.165, 1.54) is 31.0 Å². The molecule has 0 aromatic carbocycles. The van der Waals surface area contributed by atoms with E-state index in [2.05, 4.69) is 28.8 Å². The molecule has 0 spiro atoms. The Morgan fingerprint density at radius 2 is 2.00 bits per heavy atom. The maximum atomic E-state index is 12.3. The minimum Gasteiger partial charge on any atom is -1.00 e. The molecule has 2 rings (SSSR count). The predicted octanol–water partition coefficient (Wildman–Crippen LogP) is 1.67. The largest absolute Gasteiger partial charge is 1.00 e. The molecule has 1 aromatic rings. The monoisotopic (exact) mass is 537 g/mol. The summed E-state index contributed by atoms with van der Waals surface area (Å²) in [6, 6.07) is 0. The molecule has 0 saturated heterocycles. The topological polar surface area (TPSA) is 61.3 Å². The van der Waals surface area contributed by atoms with Gasteiger partial charge in [-0.1, -0.05) is 32.3 Å². The van der Waals surface area contributed by atoms with Crippen LogP contribution in [-0.4, -0.2) is 52.2 Å². The number of halogens is 1. The summed E-state index contributed by atoms with van der Waals surface area (Å²) in [6.07, 6.45) is 7.58. The molecule has 8 heteroatoms. The predicted molar refractivity (Wildman–Crippen MR) is 113 cm³/mol. The van der Waals surface area contributed by atoms with Crippen molar-refractivity contribution >= 4 is 23.3 Å². The van der Waals surface area contributed by atoms with E-state index in [1.807, 2.05) is 27.7 Å². The summed E-state index contributed by atoms with van der Waals surface area (Å²) in [5.74, 6) is 0.474. The zero-order valence-electron chi connectivity index (χ0n) is 18.7. The Bertz CT molecular complexity index is 687. The second-order valence-electron chi connectivity index (χ2n) is 8.96. The minimum atomic E-state index is -0.501. The van der Waals surface area contributed by atoms with Gasteiger partial charge in [0, 0.05) is 18.9 Å². The lowest BCUT2D eigenvalue weighted by atomic mass is 9.97. The van der Waals surface area contributed by atoms with Gasteiger partial charge in [0.15, 0.2) is 0 Å². The van der Waals surface area contributed by atoms with Crippen LogP contribution in [0.15, 0.2) is 6.08 Å². The Hall–Kier alpha value is -0.740. The third-order valence-corrected chi connectivity index (χ3v) is 5.84. The van der Waals surface area contributed by atoms with Crippen LogP contribution in [0.25, 0.3) is 5.57 Å². The molecule has 0 bridgehead atoms. The van der Waals surface area contributed by atoms with E-state index in [0.29, 0.717) is 17.0 Å². The number of aromatic nitrogens is 2. The van der Waals surface area contributed by atoms with Crippen LogP contribution in [0, 0.1) is 5.41 Å². The van der Waals surface area contributed by atoms with Gasteiger partial charge in [0.25, 0.3) is 5.88 Å². The fraction of sp³-hybridized carbons (Fsp3) is 0.762. The summed E-state index contributed by atoms with van der Waals surface area (Å²) >= 11 is 1.19.